The highest BCUT2D eigenvalue weighted by atomic mass is 16.3. The quantitative estimate of drug-likeness (QED) is 0.725. The number of rotatable bonds is 4. The second-order valence-corrected chi connectivity index (χ2v) is 5.84. The zero-order chi connectivity index (χ0) is 11.4. The van der Waals surface area contributed by atoms with Gasteiger partial charge in [-0.25, -0.2) is 0 Å². The number of aliphatic hydroxyl groups is 1. The molecule has 0 atom stereocenters. The number of carbonyl (C=O) groups excluding carboxylic acids is 1. The van der Waals surface area contributed by atoms with E-state index in [0.717, 1.165) is 0 Å². The second-order valence-electron chi connectivity index (χ2n) is 5.84. The molecule has 0 aliphatic rings. The summed E-state index contributed by atoms with van der Waals surface area (Å²) in [6, 6.07) is 0. The zero-order valence-corrected chi connectivity index (χ0v) is 9.98. The van der Waals surface area contributed by atoms with Gasteiger partial charge in [-0.15, -0.1) is 0 Å². The van der Waals surface area contributed by atoms with E-state index in [0.29, 0.717) is 13.0 Å². The van der Waals surface area contributed by atoms with Crippen LogP contribution in [0.25, 0.3) is 0 Å². The summed E-state index contributed by atoms with van der Waals surface area (Å²) in [6.07, 6.45) is 0.522. The van der Waals surface area contributed by atoms with Crippen LogP contribution in [-0.4, -0.2) is 24.2 Å². The van der Waals surface area contributed by atoms with Gasteiger partial charge in [0.2, 0.25) is 5.91 Å². The van der Waals surface area contributed by atoms with Crippen molar-refractivity contribution in [2.24, 2.45) is 10.8 Å². The van der Waals surface area contributed by atoms with Gasteiger partial charge in [0, 0.05) is 25.0 Å². The molecule has 0 aromatic rings. The van der Waals surface area contributed by atoms with Crippen LogP contribution < -0.4 is 5.32 Å². The van der Waals surface area contributed by atoms with Gasteiger partial charge in [-0.1, -0.05) is 34.6 Å². The minimum Gasteiger partial charge on any atom is -0.396 e. The van der Waals surface area contributed by atoms with Gasteiger partial charge in [0.1, 0.15) is 0 Å². The van der Waals surface area contributed by atoms with E-state index in [-0.39, 0.29) is 23.3 Å². The molecule has 1 amide bonds. The molecule has 0 aromatic carbocycles. The molecule has 0 unspecified atom stereocenters. The third kappa shape index (κ3) is 6.89. The van der Waals surface area contributed by atoms with Crippen molar-refractivity contribution in [1.29, 1.82) is 0 Å². The summed E-state index contributed by atoms with van der Waals surface area (Å²) in [5.41, 5.74) is -0.207. The Labute approximate surface area is 86.9 Å². The predicted molar refractivity (Wildman–Crippen MR) is 57.9 cm³/mol. The lowest BCUT2D eigenvalue weighted by Crippen LogP contribution is -2.37. The summed E-state index contributed by atoms with van der Waals surface area (Å²) < 4.78 is 0. The first-order chi connectivity index (χ1) is 6.16. The maximum atomic E-state index is 11.4. The largest absolute Gasteiger partial charge is 0.396 e. The summed E-state index contributed by atoms with van der Waals surface area (Å²) in [6.45, 7) is 10.5. The smallest absolute Gasteiger partial charge is 0.220 e. The molecule has 0 heterocycles. The summed E-state index contributed by atoms with van der Waals surface area (Å²) in [7, 11) is 0. The summed E-state index contributed by atoms with van der Waals surface area (Å²) >= 11 is 0. The molecule has 0 fully saturated rings. The van der Waals surface area contributed by atoms with Crippen LogP contribution in [0, 0.1) is 10.8 Å². The van der Waals surface area contributed by atoms with E-state index in [1.54, 1.807) is 0 Å². The third-order valence-corrected chi connectivity index (χ3v) is 1.88. The standard InChI is InChI=1S/C11H23NO2/c1-10(2,3)6-9(14)12-7-11(4,5)8-13/h13H,6-8H2,1-5H3,(H,12,14). The number of hydrogen-bond acceptors (Lipinski definition) is 2. The molecule has 0 spiro atoms. The van der Waals surface area contributed by atoms with Crippen molar-refractivity contribution in [3.8, 4) is 0 Å². The molecule has 0 aromatic heterocycles. The van der Waals surface area contributed by atoms with Crippen molar-refractivity contribution < 1.29 is 9.90 Å². The van der Waals surface area contributed by atoms with Gasteiger partial charge in [-0.05, 0) is 5.41 Å². The molecule has 0 bridgehead atoms. The number of aliphatic hydroxyl groups excluding tert-OH is 1. The van der Waals surface area contributed by atoms with E-state index in [1.165, 1.54) is 0 Å². The van der Waals surface area contributed by atoms with Gasteiger partial charge in [0.15, 0.2) is 0 Å². The highest BCUT2D eigenvalue weighted by molar-refractivity contribution is 5.76. The van der Waals surface area contributed by atoms with Crippen molar-refractivity contribution in [2.45, 2.75) is 41.0 Å². The molecular weight excluding hydrogens is 178 g/mol. The van der Waals surface area contributed by atoms with Gasteiger partial charge < -0.3 is 10.4 Å². The zero-order valence-electron chi connectivity index (χ0n) is 9.98. The van der Waals surface area contributed by atoms with Crippen LogP contribution >= 0.6 is 0 Å². The van der Waals surface area contributed by atoms with Crippen molar-refractivity contribution in [2.75, 3.05) is 13.2 Å². The predicted octanol–water partition coefficient (Wildman–Crippen LogP) is 1.56. The molecule has 3 heteroatoms. The molecule has 0 rings (SSSR count). The fourth-order valence-electron chi connectivity index (χ4n) is 0.938. The number of hydrogen-bond donors (Lipinski definition) is 2. The number of amides is 1. The van der Waals surface area contributed by atoms with Gasteiger partial charge in [0.05, 0.1) is 0 Å². The third-order valence-electron chi connectivity index (χ3n) is 1.88. The van der Waals surface area contributed by atoms with Crippen LogP contribution in [0.4, 0.5) is 0 Å². The summed E-state index contributed by atoms with van der Waals surface area (Å²) in [4.78, 5) is 11.4. The molecule has 84 valence electrons. The van der Waals surface area contributed by atoms with Crippen LogP contribution in [0.15, 0.2) is 0 Å². The van der Waals surface area contributed by atoms with E-state index in [1.807, 2.05) is 34.6 Å². The Morgan fingerprint density at radius 1 is 1.21 bits per heavy atom. The first-order valence-corrected chi connectivity index (χ1v) is 5.04. The Morgan fingerprint density at radius 2 is 1.71 bits per heavy atom. The highest BCUT2D eigenvalue weighted by Crippen LogP contribution is 2.18. The Morgan fingerprint density at radius 3 is 2.07 bits per heavy atom. The van der Waals surface area contributed by atoms with Crippen molar-refractivity contribution in [1.82, 2.24) is 5.32 Å². The first kappa shape index (κ1) is 13.4. The molecule has 0 saturated carbocycles. The monoisotopic (exact) mass is 201 g/mol. The lowest BCUT2D eigenvalue weighted by molar-refractivity contribution is -0.123. The number of carbonyl (C=O) groups is 1. The molecule has 0 saturated heterocycles. The average Bonchev–Trinajstić information content (AvgIpc) is 1.98. The van der Waals surface area contributed by atoms with E-state index >= 15 is 0 Å². The molecule has 3 nitrogen and oxygen atoms in total. The summed E-state index contributed by atoms with van der Waals surface area (Å²) in [5.74, 6) is 0.0547. The lowest BCUT2D eigenvalue weighted by atomic mass is 9.91. The Hall–Kier alpha value is -0.570. The Balaban J connectivity index is 3.87. The topological polar surface area (TPSA) is 49.3 Å². The van der Waals surface area contributed by atoms with Gasteiger partial charge in [-0.2, -0.15) is 0 Å². The fraction of sp³-hybridized carbons (Fsp3) is 0.909. The van der Waals surface area contributed by atoms with Crippen LogP contribution in [0.5, 0.6) is 0 Å². The minimum atomic E-state index is -0.229. The van der Waals surface area contributed by atoms with Crippen LogP contribution in [0.3, 0.4) is 0 Å². The maximum Gasteiger partial charge on any atom is 0.220 e. The molecule has 0 aliphatic carbocycles. The van der Waals surface area contributed by atoms with Crippen molar-refractivity contribution >= 4 is 5.91 Å². The fourth-order valence-corrected chi connectivity index (χ4v) is 0.938. The van der Waals surface area contributed by atoms with E-state index in [2.05, 4.69) is 5.32 Å². The lowest BCUT2D eigenvalue weighted by Gasteiger charge is -2.23. The van der Waals surface area contributed by atoms with Crippen molar-refractivity contribution in [3.63, 3.8) is 0 Å². The van der Waals surface area contributed by atoms with Crippen LogP contribution in [0.2, 0.25) is 0 Å². The van der Waals surface area contributed by atoms with Crippen LogP contribution in [0.1, 0.15) is 41.0 Å². The second kappa shape index (κ2) is 4.78. The van der Waals surface area contributed by atoms with E-state index < -0.39 is 0 Å². The molecule has 14 heavy (non-hydrogen) atoms. The highest BCUT2D eigenvalue weighted by Gasteiger charge is 2.20. The van der Waals surface area contributed by atoms with Crippen molar-refractivity contribution in [3.05, 3.63) is 0 Å². The summed E-state index contributed by atoms with van der Waals surface area (Å²) in [5, 5.41) is 11.8. The molecule has 0 aliphatic heterocycles. The van der Waals surface area contributed by atoms with E-state index in [4.69, 9.17) is 5.11 Å². The average molecular weight is 201 g/mol. The molecule has 2 N–H and O–H groups in total. The minimum absolute atomic E-state index is 0.0213. The SMILES string of the molecule is CC(C)(C)CC(=O)NCC(C)(C)CO. The normalized spacial score (nSPS) is 12.7. The van der Waals surface area contributed by atoms with Gasteiger partial charge >= 0.3 is 0 Å². The Kier molecular flexibility index (Phi) is 4.59. The van der Waals surface area contributed by atoms with Gasteiger partial charge in [0.25, 0.3) is 0 Å². The van der Waals surface area contributed by atoms with Crippen LogP contribution in [-0.2, 0) is 4.79 Å². The van der Waals surface area contributed by atoms with E-state index in [9.17, 15) is 4.79 Å². The number of nitrogens with one attached hydrogen (secondary N) is 1. The van der Waals surface area contributed by atoms with Gasteiger partial charge in [-0.3, -0.25) is 4.79 Å². The molecule has 0 radical (unpaired) electrons. The Bertz CT molecular complexity index is 192. The maximum absolute atomic E-state index is 11.4. The molecular formula is C11H23NO2. The first-order valence-electron chi connectivity index (χ1n) is 5.04.